The number of fused-ring (bicyclic) bond motifs is 2. The Morgan fingerprint density at radius 3 is 2.41 bits per heavy atom. The minimum atomic E-state index is 0.289. The first-order chi connectivity index (χ1) is 10.7. The number of hydrogen-bond donors (Lipinski definition) is 2. The van der Waals surface area contributed by atoms with Crippen LogP contribution in [0.15, 0.2) is 0 Å². The van der Waals surface area contributed by atoms with Crippen LogP contribution >= 0.6 is 0 Å². The predicted molar refractivity (Wildman–Crippen MR) is 89.8 cm³/mol. The molecule has 2 N–H and O–H groups in total. The highest BCUT2D eigenvalue weighted by Crippen LogP contribution is 2.32. The number of carbonyl (C=O) groups excluding carboxylic acids is 1. The van der Waals surface area contributed by atoms with Crippen LogP contribution in [-0.2, 0) is 4.79 Å². The van der Waals surface area contributed by atoms with Gasteiger partial charge >= 0.3 is 0 Å². The fourth-order valence-corrected chi connectivity index (χ4v) is 4.68. The normalized spacial score (nSPS) is 33.0. The van der Waals surface area contributed by atoms with Gasteiger partial charge in [-0.2, -0.15) is 0 Å². The maximum atomic E-state index is 12.1. The largest absolute Gasteiger partial charge is 0.356 e. The maximum absolute atomic E-state index is 12.1. The van der Waals surface area contributed by atoms with E-state index in [-0.39, 0.29) is 5.91 Å². The van der Waals surface area contributed by atoms with Crippen LogP contribution in [0.1, 0.15) is 58.3 Å². The monoisotopic (exact) mass is 307 g/mol. The summed E-state index contributed by atoms with van der Waals surface area (Å²) in [7, 11) is 0. The number of amides is 1. The van der Waals surface area contributed by atoms with Crippen LogP contribution in [0.25, 0.3) is 0 Å². The molecule has 4 nitrogen and oxygen atoms in total. The van der Waals surface area contributed by atoms with E-state index in [1.54, 1.807) is 0 Å². The number of carbonyl (C=O) groups is 1. The minimum absolute atomic E-state index is 0.289. The van der Waals surface area contributed by atoms with Gasteiger partial charge < -0.3 is 15.5 Å². The molecule has 3 rings (SSSR count). The van der Waals surface area contributed by atoms with Gasteiger partial charge in [0.2, 0.25) is 5.91 Å². The third-order valence-corrected chi connectivity index (χ3v) is 6.07. The van der Waals surface area contributed by atoms with Crippen LogP contribution in [0, 0.1) is 11.8 Å². The molecule has 4 heteroatoms. The average Bonchev–Trinajstić information content (AvgIpc) is 2.87. The highest BCUT2D eigenvalue weighted by molar-refractivity contribution is 5.76. The molecular formula is C18H33N3O. The van der Waals surface area contributed by atoms with Crippen molar-refractivity contribution in [1.29, 1.82) is 0 Å². The summed E-state index contributed by atoms with van der Waals surface area (Å²) >= 11 is 0. The Kier molecular flexibility index (Phi) is 5.75. The summed E-state index contributed by atoms with van der Waals surface area (Å²) in [6.07, 6.45) is 9.59. The predicted octanol–water partition coefficient (Wildman–Crippen LogP) is 2.15. The fraction of sp³-hybridized carbons (Fsp3) is 0.944. The van der Waals surface area contributed by atoms with E-state index in [0.717, 1.165) is 18.9 Å². The SMILES string of the molecule is CCN1CCC(CCNC(=O)CC2CC3CCC(C2)N3)CC1. The van der Waals surface area contributed by atoms with E-state index >= 15 is 0 Å². The van der Waals surface area contributed by atoms with Gasteiger partial charge in [0.05, 0.1) is 0 Å². The highest BCUT2D eigenvalue weighted by atomic mass is 16.1. The molecule has 0 aromatic carbocycles. The lowest BCUT2D eigenvalue weighted by atomic mass is 9.89. The van der Waals surface area contributed by atoms with Crippen molar-refractivity contribution in [3.8, 4) is 0 Å². The van der Waals surface area contributed by atoms with E-state index in [2.05, 4.69) is 22.5 Å². The molecular weight excluding hydrogens is 274 g/mol. The minimum Gasteiger partial charge on any atom is -0.356 e. The number of likely N-dealkylation sites (tertiary alicyclic amines) is 1. The second-order valence-electron chi connectivity index (χ2n) is 7.70. The Labute approximate surface area is 135 Å². The standard InChI is InChI=1S/C18H33N3O/c1-2-21-9-6-14(7-10-21)5-8-19-18(22)13-15-11-16-3-4-17(12-15)20-16/h14-17,20H,2-13H2,1H3,(H,19,22). The smallest absolute Gasteiger partial charge is 0.220 e. The zero-order chi connectivity index (χ0) is 15.4. The molecule has 3 aliphatic rings. The second kappa shape index (κ2) is 7.78. The Hall–Kier alpha value is -0.610. The Morgan fingerprint density at radius 2 is 1.77 bits per heavy atom. The second-order valence-corrected chi connectivity index (χ2v) is 7.70. The molecule has 0 aromatic rings. The van der Waals surface area contributed by atoms with Crippen LogP contribution in [0.4, 0.5) is 0 Å². The Balaban J connectivity index is 1.28. The van der Waals surface area contributed by atoms with Gasteiger partial charge in [-0.05, 0) is 76.4 Å². The van der Waals surface area contributed by atoms with Gasteiger partial charge in [-0.3, -0.25) is 4.79 Å². The molecule has 3 saturated heterocycles. The summed E-state index contributed by atoms with van der Waals surface area (Å²) in [6.45, 7) is 6.79. The lowest BCUT2D eigenvalue weighted by molar-refractivity contribution is -0.122. The molecule has 0 aromatic heterocycles. The zero-order valence-corrected chi connectivity index (χ0v) is 14.2. The first-order valence-corrected chi connectivity index (χ1v) is 9.48. The lowest BCUT2D eigenvalue weighted by Crippen LogP contribution is -2.40. The molecule has 0 spiro atoms. The van der Waals surface area contributed by atoms with Gasteiger partial charge in [0.25, 0.3) is 0 Å². The molecule has 3 fully saturated rings. The van der Waals surface area contributed by atoms with Crippen LogP contribution in [-0.4, -0.2) is 49.1 Å². The molecule has 3 aliphatic heterocycles. The van der Waals surface area contributed by atoms with E-state index in [1.165, 1.54) is 64.6 Å². The molecule has 22 heavy (non-hydrogen) atoms. The van der Waals surface area contributed by atoms with Gasteiger partial charge in [0, 0.05) is 25.0 Å². The van der Waals surface area contributed by atoms with Crippen LogP contribution in [0.5, 0.6) is 0 Å². The maximum Gasteiger partial charge on any atom is 0.220 e. The van der Waals surface area contributed by atoms with Gasteiger partial charge in [-0.1, -0.05) is 6.92 Å². The summed E-state index contributed by atoms with van der Waals surface area (Å²) in [5.74, 6) is 1.72. The van der Waals surface area contributed by atoms with Crippen LogP contribution in [0.2, 0.25) is 0 Å². The number of piperidine rings is 2. The Bertz CT molecular complexity index is 353. The summed E-state index contributed by atoms with van der Waals surface area (Å²) < 4.78 is 0. The van der Waals surface area contributed by atoms with E-state index < -0.39 is 0 Å². The van der Waals surface area contributed by atoms with Crippen molar-refractivity contribution in [1.82, 2.24) is 15.5 Å². The molecule has 2 atom stereocenters. The molecule has 0 saturated carbocycles. The number of hydrogen-bond acceptors (Lipinski definition) is 3. The third kappa shape index (κ3) is 4.45. The van der Waals surface area contributed by atoms with Crippen molar-refractivity contribution >= 4 is 5.91 Å². The average molecular weight is 307 g/mol. The Morgan fingerprint density at radius 1 is 1.09 bits per heavy atom. The molecule has 0 aliphatic carbocycles. The lowest BCUT2D eigenvalue weighted by Gasteiger charge is -2.31. The van der Waals surface area contributed by atoms with Crippen molar-refractivity contribution < 1.29 is 4.79 Å². The molecule has 3 heterocycles. The molecule has 1 amide bonds. The first-order valence-electron chi connectivity index (χ1n) is 9.48. The van der Waals surface area contributed by atoms with Gasteiger partial charge in [0.1, 0.15) is 0 Å². The van der Waals surface area contributed by atoms with Crippen molar-refractivity contribution in [2.24, 2.45) is 11.8 Å². The van der Waals surface area contributed by atoms with Crippen molar-refractivity contribution in [3.05, 3.63) is 0 Å². The number of rotatable bonds is 6. The zero-order valence-electron chi connectivity index (χ0n) is 14.2. The van der Waals surface area contributed by atoms with E-state index in [9.17, 15) is 4.79 Å². The van der Waals surface area contributed by atoms with E-state index in [4.69, 9.17) is 0 Å². The molecule has 0 radical (unpaired) electrons. The summed E-state index contributed by atoms with van der Waals surface area (Å²) in [5, 5.41) is 6.83. The van der Waals surface area contributed by atoms with Gasteiger partial charge in [0.15, 0.2) is 0 Å². The summed E-state index contributed by atoms with van der Waals surface area (Å²) in [6, 6.07) is 1.39. The molecule has 2 unspecified atom stereocenters. The summed E-state index contributed by atoms with van der Waals surface area (Å²) in [4.78, 5) is 14.7. The van der Waals surface area contributed by atoms with Crippen molar-refractivity contribution in [3.63, 3.8) is 0 Å². The van der Waals surface area contributed by atoms with Crippen molar-refractivity contribution in [2.75, 3.05) is 26.2 Å². The van der Waals surface area contributed by atoms with Crippen LogP contribution in [0.3, 0.4) is 0 Å². The topological polar surface area (TPSA) is 44.4 Å². The van der Waals surface area contributed by atoms with Gasteiger partial charge in [-0.15, -0.1) is 0 Å². The summed E-state index contributed by atoms with van der Waals surface area (Å²) in [5.41, 5.74) is 0. The van der Waals surface area contributed by atoms with Crippen molar-refractivity contribution in [2.45, 2.75) is 70.4 Å². The van der Waals surface area contributed by atoms with Gasteiger partial charge in [-0.25, -0.2) is 0 Å². The molecule has 126 valence electrons. The number of nitrogens with zero attached hydrogens (tertiary/aromatic N) is 1. The third-order valence-electron chi connectivity index (χ3n) is 6.07. The molecule has 2 bridgehead atoms. The highest BCUT2D eigenvalue weighted by Gasteiger charge is 2.34. The quantitative estimate of drug-likeness (QED) is 0.790. The first kappa shape index (κ1) is 16.3. The van der Waals surface area contributed by atoms with E-state index in [1.807, 2.05) is 0 Å². The fourth-order valence-electron chi connectivity index (χ4n) is 4.68. The van der Waals surface area contributed by atoms with E-state index in [0.29, 0.717) is 18.0 Å². The number of nitrogens with one attached hydrogen (secondary N) is 2. The van der Waals surface area contributed by atoms with Crippen LogP contribution < -0.4 is 10.6 Å².